The number of unbranched alkanes of at least 4 members (excludes halogenated alkanes) is 1. The van der Waals surface area contributed by atoms with Crippen molar-refractivity contribution in [2.45, 2.75) is 114 Å². The fourth-order valence-electron chi connectivity index (χ4n) is 9.92. The smallest absolute Gasteiger partial charge is 0.244 e. The summed E-state index contributed by atoms with van der Waals surface area (Å²) in [5.74, 6) is -6.26. The van der Waals surface area contributed by atoms with Gasteiger partial charge in [-0.1, -0.05) is 130 Å². The van der Waals surface area contributed by atoms with Crippen LogP contribution in [0.25, 0.3) is 32.4 Å². The molecule has 0 fully saturated rings. The molecule has 20 nitrogen and oxygen atoms in total. The number of H-pyrrole nitrogens is 1. The van der Waals surface area contributed by atoms with Crippen LogP contribution in [-0.4, -0.2) is 124 Å². The third-order valence-corrected chi connectivity index (χ3v) is 15.4. The van der Waals surface area contributed by atoms with Gasteiger partial charge in [-0.25, -0.2) is 0 Å². The summed E-state index contributed by atoms with van der Waals surface area (Å²) in [5, 5.41) is 24.0. The Balaban J connectivity index is 1.08. The highest BCUT2D eigenvalue weighted by Gasteiger charge is 2.38. The first-order valence-electron chi connectivity index (χ1n) is 28.2. The molecule has 0 saturated heterocycles. The summed E-state index contributed by atoms with van der Waals surface area (Å²) < 4.78 is 0. The van der Waals surface area contributed by atoms with Crippen molar-refractivity contribution in [1.29, 1.82) is 0 Å². The predicted molar refractivity (Wildman–Crippen MR) is 336 cm³/mol. The summed E-state index contributed by atoms with van der Waals surface area (Å²) in [7, 11) is 0. The lowest BCUT2D eigenvalue weighted by molar-refractivity contribution is -0.136. The normalized spacial score (nSPS) is 14.3. The van der Waals surface area contributed by atoms with Crippen LogP contribution in [0.4, 0.5) is 0 Å². The molecular formula is C63H76N12O8S2. The van der Waals surface area contributed by atoms with E-state index in [9.17, 15) is 38.4 Å². The van der Waals surface area contributed by atoms with Crippen LogP contribution in [0.15, 0.2) is 140 Å². The summed E-state index contributed by atoms with van der Waals surface area (Å²) >= 11 is 8.74. The highest BCUT2D eigenvalue weighted by Crippen LogP contribution is 2.23. The molecule has 7 aromatic rings. The van der Waals surface area contributed by atoms with Crippen molar-refractivity contribution in [3.63, 3.8) is 0 Å². The minimum Gasteiger partial charge on any atom is -0.368 e. The zero-order valence-corrected chi connectivity index (χ0v) is 49.6. The molecule has 14 N–H and O–H groups in total. The van der Waals surface area contributed by atoms with E-state index in [1.807, 2.05) is 109 Å². The first-order valence-corrected chi connectivity index (χ1v) is 29.5. The summed E-state index contributed by atoms with van der Waals surface area (Å²) in [6.07, 6.45) is 5.80. The van der Waals surface area contributed by atoms with Gasteiger partial charge in [-0.05, 0) is 93.6 Å². The van der Waals surface area contributed by atoms with Gasteiger partial charge in [0.05, 0.1) is 6.04 Å². The second-order valence-electron chi connectivity index (χ2n) is 22.2. The van der Waals surface area contributed by atoms with Gasteiger partial charge in [0.15, 0.2) is 0 Å². The topological polar surface area (TPSA) is 328 Å². The Hall–Kier alpha value is -8.31. The first kappa shape index (κ1) is 64.3. The van der Waals surface area contributed by atoms with Gasteiger partial charge in [0.1, 0.15) is 42.3 Å². The molecule has 7 rings (SSSR count). The lowest BCUT2D eigenvalue weighted by Crippen LogP contribution is -2.62. The van der Waals surface area contributed by atoms with E-state index in [0.717, 1.165) is 43.6 Å². The lowest BCUT2D eigenvalue weighted by Gasteiger charge is -2.33. The van der Waals surface area contributed by atoms with Crippen molar-refractivity contribution >= 4 is 105 Å². The molecule has 22 heteroatoms. The fourth-order valence-corrected chi connectivity index (χ4v) is 10.4. The number of nitrogens with two attached hydrogens (primary N) is 3. The number of hydrogen-bond donors (Lipinski definition) is 13. The maximum Gasteiger partial charge on any atom is 0.244 e. The molecule has 0 aliphatic rings. The van der Waals surface area contributed by atoms with Gasteiger partial charge in [0.25, 0.3) is 0 Å². The molecule has 8 atom stereocenters. The molecule has 0 spiro atoms. The Bertz CT molecular complexity index is 3490. The number of carbonyl (C=O) groups excluding carboxylic acids is 8. The molecule has 448 valence electrons. The Labute approximate surface area is 504 Å². The van der Waals surface area contributed by atoms with Crippen LogP contribution >= 0.6 is 25.3 Å². The summed E-state index contributed by atoms with van der Waals surface area (Å²) in [4.78, 5) is 120. The molecule has 0 saturated carbocycles. The van der Waals surface area contributed by atoms with Gasteiger partial charge in [0.2, 0.25) is 47.3 Å². The van der Waals surface area contributed by atoms with Crippen LogP contribution in [0.2, 0.25) is 0 Å². The average Bonchev–Trinajstić information content (AvgIpc) is 3.90. The van der Waals surface area contributed by atoms with E-state index in [2.05, 4.69) is 72.4 Å². The van der Waals surface area contributed by atoms with E-state index in [0.29, 0.717) is 24.0 Å². The van der Waals surface area contributed by atoms with Crippen molar-refractivity contribution in [1.82, 2.24) is 47.2 Å². The van der Waals surface area contributed by atoms with Crippen molar-refractivity contribution in [2.24, 2.45) is 22.6 Å². The molecule has 2 aromatic heterocycles. The number of nitrogens with zero attached hydrogens (tertiary/aromatic N) is 1. The molecule has 2 heterocycles. The molecule has 0 aliphatic carbocycles. The lowest BCUT2D eigenvalue weighted by atomic mass is 9.85. The second-order valence-corrected chi connectivity index (χ2v) is 23.0. The maximum atomic E-state index is 14.9. The van der Waals surface area contributed by atoms with Crippen molar-refractivity contribution < 1.29 is 38.4 Å². The van der Waals surface area contributed by atoms with Gasteiger partial charge >= 0.3 is 0 Å². The Morgan fingerprint density at radius 1 is 0.518 bits per heavy atom. The third kappa shape index (κ3) is 18.1. The first-order chi connectivity index (χ1) is 40.7. The standard InChI is InChI=1S/C63H76N12O8S2/c1-63(2,3)54(62(83)74-53(36-85)60(81)70-49(55(66)76)30-38-22-24-41-15-5-7-17-43(41)28-38)75-57(78)48(20-10-11-25-64)69-59(80)51(32-44-34-68-47-19-9-8-18-45(44)47)72-58(79)50(31-39-13-12-26-67-33-39)71-61(82)52(35-84)73-56(77)46(65)29-37-21-23-40-14-4-6-16-42(40)27-37/h4-9,12-19,21-24,26-28,33-34,46,48-54,68,84-85H,10-11,20,25,29-32,35-36,64-65H2,1-3H3,(H2,66,76)(H,69,80)(H,70,81)(H,71,82)(H,72,79)(H,73,77)(H,74,83)(H,75,78)/t46-,48-,49-,50-,51+,52+,53-,54+/m0/s1. The van der Waals surface area contributed by atoms with Crippen LogP contribution in [0.1, 0.15) is 62.3 Å². The van der Waals surface area contributed by atoms with E-state index >= 15 is 0 Å². The number of amides is 8. The van der Waals surface area contributed by atoms with Gasteiger partial charge in [-0.2, -0.15) is 25.3 Å². The average molecular weight is 1190 g/mol. The molecular weight excluding hydrogens is 1120 g/mol. The van der Waals surface area contributed by atoms with E-state index in [-0.39, 0.29) is 50.2 Å². The number of nitrogens with one attached hydrogen (secondary N) is 8. The van der Waals surface area contributed by atoms with E-state index in [1.54, 1.807) is 45.3 Å². The van der Waals surface area contributed by atoms with Crippen molar-refractivity contribution in [3.05, 3.63) is 162 Å². The molecule has 85 heavy (non-hydrogen) atoms. The summed E-state index contributed by atoms with van der Waals surface area (Å²) in [6.45, 7) is 5.42. The number of hydrogen-bond acceptors (Lipinski definition) is 13. The van der Waals surface area contributed by atoms with Gasteiger partial charge < -0.3 is 59.4 Å². The number of para-hydroxylation sites is 1. The number of carbonyl (C=O) groups is 8. The quantitative estimate of drug-likeness (QED) is 0.0238. The number of aromatic nitrogens is 2. The number of fused-ring (bicyclic) bond motifs is 3. The largest absolute Gasteiger partial charge is 0.368 e. The number of rotatable bonds is 29. The fraction of sp³-hybridized carbons (Fsp3) is 0.349. The zero-order valence-electron chi connectivity index (χ0n) is 47.8. The van der Waals surface area contributed by atoms with Crippen LogP contribution in [0, 0.1) is 5.41 Å². The van der Waals surface area contributed by atoms with Crippen LogP contribution in [0.3, 0.4) is 0 Å². The second kappa shape index (κ2) is 30.5. The third-order valence-electron chi connectivity index (χ3n) is 14.7. The maximum absolute atomic E-state index is 14.9. The van der Waals surface area contributed by atoms with Crippen LogP contribution in [0.5, 0.6) is 0 Å². The van der Waals surface area contributed by atoms with Gasteiger partial charge in [-0.15, -0.1) is 0 Å². The zero-order chi connectivity index (χ0) is 61.2. The van der Waals surface area contributed by atoms with E-state index in [4.69, 9.17) is 17.2 Å². The number of primary amides is 1. The molecule has 0 bridgehead atoms. The Morgan fingerprint density at radius 2 is 1.01 bits per heavy atom. The number of aromatic amines is 1. The van der Waals surface area contributed by atoms with E-state index in [1.165, 1.54) is 6.20 Å². The highest BCUT2D eigenvalue weighted by molar-refractivity contribution is 7.80. The monoisotopic (exact) mass is 1190 g/mol. The van der Waals surface area contributed by atoms with Crippen LogP contribution in [-0.2, 0) is 64.0 Å². The van der Waals surface area contributed by atoms with Crippen LogP contribution < -0.4 is 54.4 Å². The predicted octanol–water partition coefficient (Wildman–Crippen LogP) is 3.38. The van der Waals surface area contributed by atoms with E-state index < -0.39 is 101 Å². The minimum absolute atomic E-state index is 0.0663. The molecule has 0 aliphatic heterocycles. The number of thiol groups is 2. The number of pyridine rings is 1. The molecule has 8 amide bonds. The van der Waals surface area contributed by atoms with Gasteiger partial charge in [0, 0.05) is 60.3 Å². The van der Waals surface area contributed by atoms with Crippen molar-refractivity contribution in [2.75, 3.05) is 18.1 Å². The summed E-state index contributed by atoms with van der Waals surface area (Å²) in [5.41, 5.74) is 20.6. The molecule has 5 aromatic carbocycles. The SMILES string of the molecule is CC(C)(C)[C@H](NC(=O)[C@H](CCCCN)NC(=O)[C@@H](Cc1c[nH]c2ccccc12)NC(=O)[C@H](Cc1cccnc1)NC(=O)[C@@H](CS)NC(=O)[C@@H](N)Cc1ccc2ccccc2c1)C(=O)N[C@@H](CS)C(=O)N[C@@H](Cc1ccc2ccccc2c1)C(N)=O. The van der Waals surface area contributed by atoms with Gasteiger partial charge in [-0.3, -0.25) is 43.3 Å². The highest BCUT2D eigenvalue weighted by atomic mass is 32.1. The molecule has 0 radical (unpaired) electrons. The Morgan fingerprint density at radius 3 is 1.58 bits per heavy atom. The Kier molecular flexibility index (Phi) is 23.0. The number of benzene rings is 5. The van der Waals surface area contributed by atoms with Crippen molar-refractivity contribution in [3.8, 4) is 0 Å². The minimum atomic E-state index is -1.37. The molecule has 0 unspecified atom stereocenters. The summed E-state index contributed by atoms with van der Waals surface area (Å²) in [6, 6.07) is 27.7.